The predicted molar refractivity (Wildman–Crippen MR) is 96.9 cm³/mol. The molecule has 2 N–H and O–H groups in total. The van der Waals surface area contributed by atoms with E-state index < -0.39 is 12.1 Å². The van der Waals surface area contributed by atoms with Gasteiger partial charge in [-0.15, -0.1) is 0 Å². The number of carbonyl (C=O) groups is 1. The Labute approximate surface area is 152 Å². The molecular weight excluding hydrogens is 334 g/mol. The van der Waals surface area contributed by atoms with Crippen molar-refractivity contribution in [3.05, 3.63) is 35.4 Å². The first-order chi connectivity index (χ1) is 12.7. The summed E-state index contributed by atoms with van der Waals surface area (Å²) < 4.78 is 16.2. The molecule has 2 aliphatic rings. The molecule has 0 radical (unpaired) electrons. The number of pyridine rings is 1. The van der Waals surface area contributed by atoms with E-state index in [1.807, 2.05) is 24.3 Å². The molecule has 2 aromatic rings. The third-order valence-electron chi connectivity index (χ3n) is 4.91. The van der Waals surface area contributed by atoms with E-state index >= 15 is 0 Å². The highest BCUT2D eigenvalue weighted by Gasteiger charge is 2.35. The van der Waals surface area contributed by atoms with Crippen LogP contribution in [0.1, 0.15) is 24.0 Å². The van der Waals surface area contributed by atoms with Crippen molar-refractivity contribution in [2.45, 2.75) is 25.7 Å². The van der Waals surface area contributed by atoms with Gasteiger partial charge in [-0.2, -0.15) is 0 Å². The van der Waals surface area contributed by atoms with Crippen LogP contribution >= 0.6 is 0 Å². The van der Waals surface area contributed by atoms with Crippen molar-refractivity contribution >= 4 is 22.7 Å². The van der Waals surface area contributed by atoms with Gasteiger partial charge in [0, 0.05) is 18.5 Å². The normalized spacial score (nSPS) is 22.9. The second-order valence-corrected chi connectivity index (χ2v) is 6.52. The lowest BCUT2D eigenvalue weighted by Gasteiger charge is -2.30. The largest absolute Gasteiger partial charge is 0.465 e. The number of morpholine rings is 1. The number of fused-ring (bicyclic) bond motifs is 2. The fourth-order valence-corrected chi connectivity index (χ4v) is 3.56. The van der Waals surface area contributed by atoms with Gasteiger partial charge in [0.1, 0.15) is 18.0 Å². The maximum Gasteiger partial charge on any atom is 0.317 e. The summed E-state index contributed by atoms with van der Waals surface area (Å²) in [6, 6.07) is 8.03. The molecule has 7 heteroatoms. The second-order valence-electron chi connectivity index (χ2n) is 6.52. The van der Waals surface area contributed by atoms with E-state index in [1.54, 1.807) is 6.92 Å². The van der Waals surface area contributed by atoms with Gasteiger partial charge in [0.15, 0.2) is 0 Å². The van der Waals surface area contributed by atoms with Crippen molar-refractivity contribution in [2.24, 2.45) is 5.73 Å². The number of esters is 1. The Bertz CT molecular complexity index is 820. The van der Waals surface area contributed by atoms with Crippen molar-refractivity contribution in [3.8, 4) is 0 Å². The van der Waals surface area contributed by atoms with E-state index in [1.165, 1.54) is 0 Å². The van der Waals surface area contributed by atoms with Crippen LogP contribution in [0.3, 0.4) is 0 Å². The topological polar surface area (TPSA) is 86.9 Å². The Morgan fingerprint density at radius 3 is 2.92 bits per heavy atom. The summed E-state index contributed by atoms with van der Waals surface area (Å²) in [5.41, 5.74) is 8.72. The number of nitrogens with zero attached hydrogens (tertiary/aromatic N) is 2. The van der Waals surface area contributed by atoms with Crippen molar-refractivity contribution in [1.29, 1.82) is 0 Å². The van der Waals surface area contributed by atoms with Crippen LogP contribution in [0.2, 0.25) is 0 Å². The Morgan fingerprint density at radius 2 is 2.15 bits per heavy atom. The summed E-state index contributed by atoms with van der Waals surface area (Å²) in [5.74, 6) is -0.0173. The van der Waals surface area contributed by atoms with E-state index in [4.69, 9.17) is 24.9 Å². The maximum atomic E-state index is 12.4. The van der Waals surface area contributed by atoms with Crippen molar-refractivity contribution in [1.82, 2.24) is 4.98 Å². The number of aromatic nitrogens is 1. The zero-order valence-corrected chi connectivity index (χ0v) is 14.8. The molecule has 0 aliphatic carbocycles. The van der Waals surface area contributed by atoms with Gasteiger partial charge < -0.3 is 24.8 Å². The van der Waals surface area contributed by atoms with E-state index in [-0.39, 0.29) is 5.97 Å². The lowest BCUT2D eigenvalue weighted by Crippen LogP contribution is -2.40. The van der Waals surface area contributed by atoms with Crippen LogP contribution in [-0.4, -0.2) is 50.1 Å². The van der Waals surface area contributed by atoms with Gasteiger partial charge in [0.2, 0.25) is 0 Å². The number of benzene rings is 1. The monoisotopic (exact) mass is 357 g/mol. The molecule has 1 aromatic carbocycles. The number of hydrogen-bond acceptors (Lipinski definition) is 7. The molecule has 0 amide bonds. The summed E-state index contributed by atoms with van der Waals surface area (Å²) in [4.78, 5) is 19.4. The zero-order chi connectivity index (χ0) is 18.1. The molecule has 0 spiro atoms. The standard InChI is InChI=1S/C19H23N3O4/c1-2-25-19(23)17-14-9-12-3-4-16(22-5-7-24-8-6-22)21-15(12)10-13(14)11-26-18(17)20/h3-4,9-10,17-18H,2,5-8,11,20H2,1H3. The molecule has 0 bridgehead atoms. The third kappa shape index (κ3) is 3.13. The highest BCUT2D eigenvalue weighted by Crippen LogP contribution is 2.34. The fourth-order valence-electron chi connectivity index (χ4n) is 3.56. The number of anilines is 1. The van der Waals surface area contributed by atoms with Crippen LogP contribution in [0.15, 0.2) is 24.3 Å². The average Bonchev–Trinajstić information content (AvgIpc) is 2.67. The third-order valence-corrected chi connectivity index (χ3v) is 4.91. The highest BCUT2D eigenvalue weighted by molar-refractivity contribution is 5.86. The number of carbonyl (C=O) groups excluding carboxylic acids is 1. The van der Waals surface area contributed by atoms with Gasteiger partial charge in [0.05, 0.1) is 31.9 Å². The smallest absolute Gasteiger partial charge is 0.317 e. The first-order valence-electron chi connectivity index (χ1n) is 8.97. The molecule has 1 aromatic heterocycles. The van der Waals surface area contributed by atoms with E-state index in [0.29, 0.717) is 13.2 Å². The van der Waals surface area contributed by atoms with E-state index in [0.717, 1.165) is 54.2 Å². The summed E-state index contributed by atoms with van der Waals surface area (Å²) in [5, 5.41) is 0.976. The first kappa shape index (κ1) is 17.2. The molecule has 1 fully saturated rings. The molecule has 4 rings (SSSR count). The van der Waals surface area contributed by atoms with Gasteiger partial charge >= 0.3 is 5.97 Å². The van der Waals surface area contributed by atoms with Crippen LogP contribution in [0, 0.1) is 0 Å². The van der Waals surface area contributed by atoms with Crippen LogP contribution in [0.25, 0.3) is 10.9 Å². The van der Waals surface area contributed by atoms with Gasteiger partial charge in [-0.25, -0.2) is 4.98 Å². The second kappa shape index (κ2) is 7.19. The van der Waals surface area contributed by atoms with Crippen LogP contribution in [0.5, 0.6) is 0 Å². The van der Waals surface area contributed by atoms with Gasteiger partial charge in [-0.1, -0.05) is 0 Å². The number of rotatable bonds is 3. The molecule has 0 saturated carbocycles. The summed E-state index contributed by atoms with van der Waals surface area (Å²) in [6.07, 6.45) is -0.695. The Morgan fingerprint density at radius 1 is 1.35 bits per heavy atom. The maximum absolute atomic E-state index is 12.4. The molecule has 2 aliphatic heterocycles. The fraction of sp³-hybridized carbons (Fsp3) is 0.474. The zero-order valence-electron chi connectivity index (χ0n) is 14.8. The summed E-state index contributed by atoms with van der Waals surface area (Å²) in [6.45, 7) is 5.58. The quantitative estimate of drug-likeness (QED) is 0.834. The van der Waals surface area contributed by atoms with Crippen LogP contribution in [0.4, 0.5) is 5.82 Å². The van der Waals surface area contributed by atoms with Crippen molar-refractivity contribution in [2.75, 3.05) is 37.8 Å². The lowest BCUT2D eigenvalue weighted by atomic mass is 9.89. The summed E-state index contributed by atoms with van der Waals surface area (Å²) in [7, 11) is 0. The van der Waals surface area contributed by atoms with Crippen LogP contribution < -0.4 is 10.6 Å². The molecule has 7 nitrogen and oxygen atoms in total. The number of nitrogens with two attached hydrogens (primary N) is 1. The van der Waals surface area contributed by atoms with Crippen LogP contribution in [-0.2, 0) is 25.6 Å². The van der Waals surface area contributed by atoms with Crippen molar-refractivity contribution < 1.29 is 19.0 Å². The molecule has 2 atom stereocenters. The molecule has 2 unspecified atom stereocenters. The van der Waals surface area contributed by atoms with E-state index in [2.05, 4.69) is 4.90 Å². The molecule has 1 saturated heterocycles. The average molecular weight is 357 g/mol. The number of ether oxygens (including phenoxy) is 3. The van der Waals surface area contributed by atoms with Gasteiger partial charge in [-0.05, 0) is 42.3 Å². The minimum Gasteiger partial charge on any atom is -0.465 e. The lowest BCUT2D eigenvalue weighted by molar-refractivity contribution is -0.150. The van der Waals surface area contributed by atoms with Gasteiger partial charge in [0.25, 0.3) is 0 Å². The Kier molecular flexibility index (Phi) is 4.76. The molecule has 3 heterocycles. The van der Waals surface area contributed by atoms with Crippen molar-refractivity contribution in [3.63, 3.8) is 0 Å². The predicted octanol–water partition coefficient (Wildman–Crippen LogP) is 1.53. The van der Waals surface area contributed by atoms with E-state index in [9.17, 15) is 4.79 Å². The molecule has 26 heavy (non-hydrogen) atoms. The minimum atomic E-state index is -0.695. The Balaban J connectivity index is 1.72. The summed E-state index contributed by atoms with van der Waals surface area (Å²) >= 11 is 0. The first-order valence-corrected chi connectivity index (χ1v) is 8.97. The Hall–Kier alpha value is -2.22. The number of hydrogen-bond donors (Lipinski definition) is 1. The molecule has 138 valence electrons. The highest BCUT2D eigenvalue weighted by atomic mass is 16.5. The SMILES string of the molecule is CCOC(=O)C1c2cc3ccc(N4CCOCC4)nc3cc2COC1N. The van der Waals surface area contributed by atoms with Gasteiger partial charge in [-0.3, -0.25) is 4.79 Å². The molecular formula is C19H23N3O4. The minimum absolute atomic E-state index is 0.315.